The third kappa shape index (κ3) is 3.82. The lowest BCUT2D eigenvalue weighted by Gasteiger charge is -2.29. The molecule has 31 heavy (non-hydrogen) atoms. The molecule has 2 heterocycles. The van der Waals surface area contributed by atoms with E-state index in [2.05, 4.69) is 0 Å². The molecule has 166 valence electrons. The van der Waals surface area contributed by atoms with Crippen LogP contribution in [0.25, 0.3) is 0 Å². The van der Waals surface area contributed by atoms with E-state index in [-0.39, 0.29) is 6.42 Å². The number of carbonyl (C=O) groups excluding carboxylic acids is 2. The number of anilines is 1. The summed E-state index contributed by atoms with van der Waals surface area (Å²) in [7, 11) is 1.85. The van der Waals surface area contributed by atoms with Crippen LogP contribution in [0.5, 0.6) is 0 Å². The fourth-order valence-electron chi connectivity index (χ4n) is 4.30. The Labute approximate surface area is 181 Å². The van der Waals surface area contributed by atoms with Crippen molar-refractivity contribution in [3.05, 3.63) is 63.0 Å². The highest BCUT2D eigenvalue weighted by molar-refractivity contribution is 6.22. The van der Waals surface area contributed by atoms with Crippen LogP contribution in [0.3, 0.4) is 0 Å². The fraction of sp³-hybridized carbons (Fsp3) is 0.478. The SMILES string of the molecule is CCc1ccc([C@@]2(CC[N+](=O)[O-])C(=O)N(C(=O)OC(C)(C)C)c3ccc(C)cc32)n1C. The highest BCUT2D eigenvalue weighted by Crippen LogP contribution is 2.49. The second-order valence-electron chi connectivity index (χ2n) is 8.98. The second-order valence-corrected chi connectivity index (χ2v) is 8.98. The molecule has 1 aliphatic heterocycles. The molecule has 1 aromatic carbocycles. The average Bonchev–Trinajstić information content (AvgIpc) is 3.14. The van der Waals surface area contributed by atoms with Gasteiger partial charge in [0.25, 0.3) is 5.91 Å². The van der Waals surface area contributed by atoms with Gasteiger partial charge in [-0.3, -0.25) is 14.9 Å². The highest BCUT2D eigenvalue weighted by atomic mass is 16.6. The quantitative estimate of drug-likeness (QED) is 0.528. The maximum atomic E-state index is 14.0. The Morgan fingerprint density at radius 2 is 1.90 bits per heavy atom. The van der Waals surface area contributed by atoms with Gasteiger partial charge in [0.1, 0.15) is 11.0 Å². The molecule has 0 radical (unpaired) electrons. The zero-order valence-electron chi connectivity index (χ0n) is 18.9. The minimum Gasteiger partial charge on any atom is -0.443 e. The zero-order valence-corrected chi connectivity index (χ0v) is 18.9. The predicted octanol–water partition coefficient (Wildman–Crippen LogP) is 4.13. The number of hydrogen-bond donors (Lipinski definition) is 0. The molecule has 0 unspecified atom stereocenters. The van der Waals surface area contributed by atoms with Crippen molar-refractivity contribution in [3.63, 3.8) is 0 Å². The molecule has 1 aromatic heterocycles. The van der Waals surface area contributed by atoms with E-state index >= 15 is 0 Å². The van der Waals surface area contributed by atoms with E-state index in [4.69, 9.17) is 4.74 Å². The number of rotatable bonds is 5. The number of aromatic nitrogens is 1. The molecular weight excluding hydrogens is 398 g/mol. The summed E-state index contributed by atoms with van der Waals surface area (Å²) in [5.41, 5.74) is 1.37. The summed E-state index contributed by atoms with van der Waals surface area (Å²) in [5, 5.41) is 11.3. The van der Waals surface area contributed by atoms with Crippen LogP contribution in [0, 0.1) is 17.0 Å². The Hall–Kier alpha value is -3.16. The van der Waals surface area contributed by atoms with Crippen LogP contribution in [-0.4, -0.2) is 33.6 Å². The Balaban J connectivity index is 2.28. The Morgan fingerprint density at radius 3 is 2.45 bits per heavy atom. The number of nitrogens with zero attached hydrogens (tertiary/aromatic N) is 3. The molecule has 2 aromatic rings. The summed E-state index contributed by atoms with van der Waals surface area (Å²) in [6.07, 6.45) is -0.0993. The maximum Gasteiger partial charge on any atom is 0.421 e. The molecule has 0 fully saturated rings. The van der Waals surface area contributed by atoms with Crippen molar-refractivity contribution in [2.45, 2.75) is 58.5 Å². The van der Waals surface area contributed by atoms with E-state index in [1.807, 2.05) is 49.7 Å². The number of carbonyl (C=O) groups is 2. The molecule has 1 atom stereocenters. The lowest BCUT2D eigenvalue weighted by molar-refractivity contribution is -0.481. The topological polar surface area (TPSA) is 94.7 Å². The first kappa shape index (κ1) is 22.5. The van der Waals surface area contributed by atoms with E-state index in [9.17, 15) is 19.7 Å². The van der Waals surface area contributed by atoms with Gasteiger partial charge in [0, 0.05) is 29.8 Å². The fourth-order valence-corrected chi connectivity index (χ4v) is 4.30. The van der Waals surface area contributed by atoms with Crippen LogP contribution in [0.4, 0.5) is 10.5 Å². The molecule has 8 nitrogen and oxygen atoms in total. The van der Waals surface area contributed by atoms with Crippen molar-refractivity contribution in [1.29, 1.82) is 0 Å². The first-order valence-corrected chi connectivity index (χ1v) is 10.4. The van der Waals surface area contributed by atoms with E-state index in [0.29, 0.717) is 16.9 Å². The standard InChI is InChI=1S/C23H29N3O5/c1-7-16-9-11-19(24(16)6)23(12-13-25(29)30)17-14-15(2)8-10-18(17)26(20(23)27)21(28)31-22(3,4)5/h8-11,14H,7,12-13H2,1-6H3/t23-/m0/s1. The molecule has 0 bridgehead atoms. The lowest BCUT2D eigenvalue weighted by Crippen LogP contribution is -2.47. The van der Waals surface area contributed by atoms with Crippen LogP contribution in [0.1, 0.15) is 56.6 Å². The van der Waals surface area contributed by atoms with Crippen molar-refractivity contribution in [1.82, 2.24) is 4.57 Å². The first-order valence-electron chi connectivity index (χ1n) is 10.4. The summed E-state index contributed by atoms with van der Waals surface area (Å²) in [5.74, 6) is -0.520. The van der Waals surface area contributed by atoms with E-state index in [0.717, 1.165) is 22.6 Å². The molecule has 0 aliphatic carbocycles. The first-order chi connectivity index (χ1) is 14.4. The maximum absolute atomic E-state index is 14.0. The van der Waals surface area contributed by atoms with Gasteiger partial charge >= 0.3 is 6.09 Å². The van der Waals surface area contributed by atoms with Gasteiger partial charge in [-0.1, -0.05) is 24.6 Å². The van der Waals surface area contributed by atoms with Gasteiger partial charge in [-0.2, -0.15) is 0 Å². The van der Waals surface area contributed by atoms with E-state index in [1.165, 1.54) is 0 Å². The highest BCUT2D eigenvalue weighted by Gasteiger charge is 2.56. The predicted molar refractivity (Wildman–Crippen MR) is 117 cm³/mol. The monoisotopic (exact) mass is 427 g/mol. The van der Waals surface area contributed by atoms with Gasteiger partial charge in [-0.25, -0.2) is 9.69 Å². The smallest absolute Gasteiger partial charge is 0.421 e. The number of ether oxygens (including phenoxy) is 1. The zero-order chi connectivity index (χ0) is 23.1. The molecule has 8 heteroatoms. The average molecular weight is 428 g/mol. The third-order valence-electron chi connectivity index (χ3n) is 5.69. The van der Waals surface area contributed by atoms with Gasteiger partial charge in [-0.15, -0.1) is 0 Å². The molecule has 0 saturated heterocycles. The Bertz CT molecular complexity index is 1050. The van der Waals surface area contributed by atoms with Crippen LogP contribution in [0.15, 0.2) is 30.3 Å². The van der Waals surface area contributed by atoms with Crippen molar-refractivity contribution in [2.75, 3.05) is 11.4 Å². The molecule has 0 N–H and O–H groups in total. The Morgan fingerprint density at radius 1 is 1.23 bits per heavy atom. The largest absolute Gasteiger partial charge is 0.443 e. The summed E-state index contributed by atoms with van der Waals surface area (Å²) < 4.78 is 7.42. The van der Waals surface area contributed by atoms with Crippen molar-refractivity contribution < 1.29 is 19.2 Å². The molecule has 3 rings (SSSR count). The van der Waals surface area contributed by atoms with Crippen molar-refractivity contribution in [3.8, 4) is 0 Å². The van der Waals surface area contributed by atoms with Crippen LogP contribution < -0.4 is 4.90 Å². The number of benzene rings is 1. The molecule has 0 spiro atoms. The number of nitro groups is 1. The van der Waals surface area contributed by atoms with Crippen LogP contribution >= 0.6 is 0 Å². The van der Waals surface area contributed by atoms with Crippen molar-refractivity contribution >= 4 is 17.7 Å². The number of amides is 2. The van der Waals surface area contributed by atoms with Crippen LogP contribution in [-0.2, 0) is 28.4 Å². The number of aryl methyl sites for hydroxylation is 2. The second kappa shape index (κ2) is 7.83. The summed E-state index contributed by atoms with van der Waals surface area (Å²) in [6.45, 7) is 8.67. The third-order valence-corrected chi connectivity index (χ3v) is 5.69. The van der Waals surface area contributed by atoms with Gasteiger partial charge in [-0.05, 0) is 57.9 Å². The number of hydrogen-bond acceptors (Lipinski definition) is 5. The number of fused-ring (bicyclic) bond motifs is 1. The van der Waals surface area contributed by atoms with Crippen molar-refractivity contribution in [2.24, 2.45) is 7.05 Å². The van der Waals surface area contributed by atoms with Gasteiger partial charge < -0.3 is 9.30 Å². The van der Waals surface area contributed by atoms with Gasteiger partial charge in [0.15, 0.2) is 0 Å². The summed E-state index contributed by atoms with van der Waals surface area (Å²) >= 11 is 0. The molecule has 2 amide bonds. The molecule has 1 aliphatic rings. The van der Waals surface area contributed by atoms with Gasteiger partial charge in [0.2, 0.25) is 6.54 Å². The molecular formula is C23H29N3O5. The van der Waals surface area contributed by atoms with E-state index in [1.54, 1.807) is 26.8 Å². The summed E-state index contributed by atoms with van der Waals surface area (Å²) in [6, 6.07) is 9.12. The van der Waals surface area contributed by atoms with Gasteiger partial charge in [0.05, 0.1) is 5.69 Å². The summed E-state index contributed by atoms with van der Waals surface area (Å²) in [4.78, 5) is 39.0. The lowest BCUT2D eigenvalue weighted by atomic mass is 9.75. The molecule has 0 saturated carbocycles. The number of imide groups is 1. The normalized spacial score (nSPS) is 18.3. The minimum absolute atomic E-state index is 0.0599. The minimum atomic E-state index is -1.35. The van der Waals surface area contributed by atoms with E-state index < -0.39 is 34.5 Å². The van der Waals surface area contributed by atoms with Crippen LogP contribution in [0.2, 0.25) is 0 Å². The Kier molecular flexibility index (Phi) is 5.69.